The Morgan fingerprint density at radius 2 is 2.10 bits per heavy atom. The highest BCUT2D eigenvalue weighted by Gasteiger charge is 2.16. The second-order valence-electron chi connectivity index (χ2n) is 4.94. The molecule has 0 spiro atoms. The maximum atomic E-state index is 11.8. The van der Waals surface area contributed by atoms with Crippen molar-refractivity contribution >= 4 is 17.7 Å². The molecule has 0 aliphatic heterocycles. The lowest BCUT2D eigenvalue weighted by Gasteiger charge is -2.20. The summed E-state index contributed by atoms with van der Waals surface area (Å²) in [6, 6.07) is 6.65. The third kappa shape index (κ3) is 5.44. The van der Waals surface area contributed by atoms with Gasteiger partial charge in [-0.05, 0) is 38.0 Å². The predicted molar refractivity (Wildman–Crippen MR) is 77.5 cm³/mol. The molecule has 0 bridgehead atoms. The van der Waals surface area contributed by atoms with Gasteiger partial charge in [0.05, 0.1) is 5.54 Å². The van der Waals surface area contributed by atoms with Gasteiger partial charge in [-0.1, -0.05) is 18.1 Å². The van der Waals surface area contributed by atoms with Crippen LogP contribution >= 0.6 is 0 Å². The number of hydrogen-bond acceptors (Lipinski definition) is 2. The maximum absolute atomic E-state index is 11.8. The molecule has 0 fully saturated rings. The number of aryl methyl sites for hydroxylation is 1. The van der Waals surface area contributed by atoms with Crippen molar-refractivity contribution in [2.75, 3.05) is 5.32 Å². The van der Waals surface area contributed by atoms with Crippen molar-refractivity contribution in [2.24, 2.45) is 0 Å². The molecule has 0 unspecified atom stereocenters. The van der Waals surface area contributed by atoms with Gasteiger partial charge in [-0.2, -0.15) is 0 Å². The minimum Gasteiger partial charge on any atom is -0.481 e. The lowest BCUT2D eigenvalue weighted by molar-refractivity contribution is -0.136. The summed E-state index contributed by atoms with van der Waals surface area (Å²) < 4.78 is 0. The Morgan fingerprint density at radius 1 is 1.40 bits per heavy atom. The van der Waals surface area contributed by atoms with Gasteiger partial charge in [-0.3, -0.25) is 4.79 Å². The number of nitrogens with one attached hydrogen (secondary N) is 2. The van der Waals surface area contributed by atoms with Crippen molar-refractivity contribution in [3.8, 4) is 12.3 Å². The zero-order valence-electron chi connectivity index (χ0n) is 11.6. The van der Waals surface area contributed by atoms with Crippen molar-refractivity contribution in [2.45, 2.75) is 32.2 Å². The zero-order valence-corrected chi connectivity index (χ0v) is 11.6. The SMILES string of the molecule is C#CC(C)(C)NC(=O)Nc1cccc(CCC(=O)O)c1. The number of hydrogen-bond donors (Lipinski definition) is 3. The molecule has 0 saturated carbocycles. The molecule has 106 valence electrons. The van der Waals surface area contributed by atoms with Gasteiger partial charge in [0, 0.05) is 12.1 Å². The van der Waals surface area contributed by atoms with Gasteiger partial charge >= 0.3 is 12.0 Å². The van der Waals surface area contributed by atoms with Crippen LogP contribution in [0.4, 0.5) is 10.5 Å². The Hall–Kier alpha value is -2.48. The van der Waals surface area contributed by atoms with Crippen molar-refractivity contribution < 1.29 is 14.7 Å². The first-order valence-corrected chi connectivity index (χ1v) is 6.20. The van der Waals surface area contributed by atoms with Crippen molar-refractivity contribution in [3.05, 3.63) is 29.8 Å². The number of urea groups is 1. The van der Waals surface area contributed by atoms with Gasteiger partial charge < -0.3 is 15.7 Å². The van der Waals surface area contributed by atoms with Gasteiger partial charge in [0.15, 0.2) is 0 Å². The van der Waals surface area contributed by atoms with Gasteiger partial charge in [0.2, 0.25) is 0 Å². The Kier molecular flexibility index (Phi) is 5.15. The summed E-state index contributed by atoms with van der Waals surface area (Å²) in [5, 5.41) is 14.0. The van der Waals surface area contributed by atoms with E-state index in [1.165, 1.54) is 0 Å². The molecule has 20 heavy (non-hydrogen) atoms. The summed E-state index contributed by atoms with van der Waals surface area (Å²) in [6.07, 6.45) is 5.77. The van der Waals surface area contributed by atoms with Gasteiger partial charge in [0.25, 0.3) is 0 Å². The number of rotatable bonds is 5. The number of carbonyl (C=O) groups excluding carboxylic acids is 1. The standard InChI is InChI=1S/C15H18N2O3/c1-4-15(2,3)17-14(20)16-12-7-5-6-11(10-12)8-9-13(18)19/h1,5-7,10H,8-9H2,2-3H3,(H,18,19)(H2,16,17,20). The average Bonchev–Trinajstić information content (AvgIpc) is 2.36. The Labute approximate surface area is 118 Å². The number of aliphatic carboxylic acids is 1. The van der Waals surface area contributed by atoms with E-state index in [9.17, 15) is 9.59 Å². The molecule has 0 radical (unpaired) electrons. The smallest absolute Gasteiger partial charge is 0.320 e. The summed E-state index contributed by atoms with van der Waals surface area (Å²) in [5.41, 5.74) is 0.713. The van der Waals surface area contributed by atoms with E-state index in [2.05, 4.69) is 16.6 Å². The number of anilines is 1. The summed E-state index contributed by atoms with van der Waals surface area (Å²) in [6.45, 7) is 3.44. The topological polar surface area (TPSA) is 78.4 Å². The first kappa shape index (κ1) is 15.6. The van der Waals surface area contributed by atoms with Crippen molar-refractivity contribution in [1.82, 2.24) is 5.32 Å². The van der Waals surface area contributed by atoms with E-state index in [1.54, 1.807) is 32.0 Å². The monoisotopic (exact) mass is 274 g/mol. The molecule has 1 aromatic carbocycles. The van der Waals surface area contributed by atoms with E-state index in [-0.39, 0.29) is 6.42 Å². The first-order valence-electron chi connectivity index (χ1n) is 6.20. The molecule has 1 aromatic rings. The molecule has 0 aliphatic rings. The fourth-order valence-electron chi connectivity index (χ4n) is 1.54. The molecule has 0 atom stereocenters. The lowest BCUT2D eigenvalue weighted by atomic mass is 10.1. The molecule has 0 aromatic heterocycles. The highest BCUT2D eigenvalue weighted by atomic mass is 16.4. The molecular weight excluding hydrogens is 256 g/mol. The van der Waals surface area contributed by atoms with Crippen LogP contribution in [0.2, 0.25) is 0 Å². The van der Waals surface area contributed by atoms with Crippen molar-refractivity contribution in [3.63, 3.8) is 0 Å². The fourth-order valence-corrected chi connectivity index (χ4v) is 1.54. The number of benzene rings is 1. The third-order valence-electron chi connectivity index (χ3n) is 2.60. The van der Waals surface area contributed by atoms with E-state index in [0.717, 1.165) is 5.56 Å². The van der Waals surface area contributed by atoms with Crippen LogP contribution in [0.5, 0.6) is 0 Å². The zero-order chi connectivity index (χ0) is 15.2. The minimum absolute atomic E-state index is 0.0553. The molecule has 0 heterocycles. The molecule has 0 aliphatic carbocycles. The Morgan fingerprint density at radius 3 is 2.70 bits per heavy atom. The van der Waals surface area contributed by atoms with E-state index in [1.807, 2.05) is 6.07 Å². The lowest BCUT2D eigenvalue weighted by Crippen LogP contribution is -2.44. The number of amides is 2. The van der Waals surface area contributed by atoms with Crippen LogP contribution in [-0.2, 0) is 11.2 Å². The van der Waals surface area contributed by atoms with E-state index >= 15 is 0 Å². The van der Waals surface area contributed by atoms with Crippen LogP contribution < -0.4 is 10.6 Å². The van der Waals surface area contributed by atoms with Crippen LogP contribution in [0.3, 0.4) is 0 Å². The van der Waals surface area contributed by atoms with Crippen molar-refractivity contribution in [1.29, 1.82) is 0 Å². The number of carboxylic acid groups (broad SMARTS) is 1. The maximum Gasteiger partial charge on any atom is 0.320 e. The molecule has 3 N–H and O–H groups in total. The molecule has 0 saturated heterocycles. The Balaban J connectivity index is 2.64. The van der Waals surface area contributed by atoms with Crippen LogP contribution in [0, 0.1) is 12.3 Å². The molecule has 1 rings (SSSR count). The molecule has 5 nitrogen and oxygen atoms in total. The highest BCUT2D eigenvalue weighted by Crippen LogP contribution is 2.12. The largest absolute Gasteiger partial charge is 0.481 e. The number of carboxylic acids is 1. The second-order valence-corrected chi connectivity index (χ2v) is 4.94. The van der Waals surface area contributed by atoms with E-state index in [0.29, 0.717) is 12.1 Å². The number of carbonyl (C=O) groups is 2. The molecular formula is C15H18N2O3. The third-order valence-corrected chi connectivity index (χ3v) is 2.60. The van der Waals surface area contributed by atoms with Crippen LogP contribution in [-0.4, -0.2) is 22.6 Å². The highest BCUT2D eigenvalue weighted by molar-refractivity contribution is 5.90. The summed E-state index contributed by atoms with van der Waals surface area (Å²) in [5.74, 6) is 1.61. The van der Waals surface area contributed by atoms with Gasteiger partial charge in [0.1, 0.15) is 0 Å². The second kappa shape index (κ2) is 6.62. The fraction of sp³-hybridized carbons (Fsp3) is 0.333. The Bertz CT molecular complexity index is 544. The van der Waals surface area contributed by atoms with Crippen LogP contribution in [0.25, 0.3) is 0 Å². The average molecular weight is 274 g/mol. The van der Waals surface area contributed by atoms with Gasteiger partial charge in [-0.25, -0.2) is 4.79 Å². The van der Waals surface area contributed by atoms with E-state index in [4.69, 9.17) is 11.5 Å². The molecule has 5 heteroatoms. The van der Waals surface area contributed by atoms with Crippen LogP contribution in [0.15, 0.2) is 24.3 Å². The summed E-state index contributed by atoms with van der Waals surface area (Å²) >= 11 is 0. The predicted octanol–water partition coefficient (Wildman–Crippen LogP) is 2.24. The summed E-state index contributed by atoms with van der Waals surface area (Å²) in [4.78, 5) is 22.3. The quantitative estimate of drug-likeness (QED) is 0.720. The van der Waals surface area contributed by atoms with E-state index < -0.39 is 17.5 Å². The minimum atomic E-state index is -0.850. The van der Waals surface area contributed by atoms with Gasteiger partial charge in [-0.15, -0.1) is 6.42 Å². The normalized spacial score (nSPS) is 10.4. The summed E-state index contributed by atoms with van der Waals surface area (Å²) in [7, 11) is 0. The molecule has 2 amide bonds. The first-order chi connectivity index (χ1) is 9.32. The van der Waals surface area contributed by atoms with Crippen LogP contribution in [0.1, 0.15) is 25.8 Å². The number of terminal acetylenes is 1.